The van der Waals surface area contributed by atoms with E-state index in [1.54, 1.807) is 31.2 Å². The summed E-state index contributed by atoms with van der Waals surface area (Å²) in [6, 6.07) is 6.35. The van der Waals surface area contributed by atoms with Gasteiger partial charge < -0.3 is 10.0 Å². The average molecular weight is 282 g/mol. The van der Waals surface area contributed by atoms with Crippen LogP contribution in [0.3, 0.4) is 0 Å². The molecule has 5 heteroatoms. The standard InChI is InChI=1S/C14H16ClNO3/c1-9(14(18)19)16(12-6-7-12)13(17)8-10-2-4-11(15)5-3-10/h2-5,9,12H,6-8H2,1H3,(H,18,19). The zero-order valence-corrected chi connectivity index (χ0v) is 11.4. The lowest BCUT2D eigenvalue weighted by Gasteiger charge is -2.26. The highest BCUT2D eigenvalue weighted by Crippen LogP contribution is 2.29. The molecule has 0 spiro atoms. The number of aliphatic carboxylic acids is 1. The van der Waals surface area contributed by atoms with E-state index in [0.717, 1.165) is 18.4 Å². The molecule has 0 saturated heterocycles. The molecule has 19 heavy (non-hydrogen) atoms. The molecule has 0 aromatic heterocycles. The lowest BCUT2D eigenvalue weighted by molar-refractivity contribution is -0.149. The molecular weight excluding hydrogens is 266 g/mol. The summed E-state index contributed by atoms with van der Waals surface area (Å²) in [7, 11) is 0. The molecule has 0 heterocycles. The van der Waals surface area contributed by atoms with Crippen molar-refractivity contribution in [2.75, 3.05) is 0 Å². The van der Waals surface area contributed by atoms with Crippen LogP contribution >= 0.6 is 11.6 Å². The molecule has 1 aromatic carbocycles. The number of nitrogens with zero attached hydrogens (tertiary/aromatic N) is 1. The van der Waals surface area contributed by atoms with Crippen LogP contribution in [-0.4, -0.2) is 34.0 Å². The number of amides is 1. The van der Waals surface area contributed by atoms with Crippen molar-refractivity contribution >= 4 is 23.5 Å². The summed E-state index contributed by atoms with van der Waals surface area (Å²) in [6.07, 6.45) is 2.00. The van der Waals surface area contributed by atoms with E-state index in [0.29, 0.717) is 5.02 Å². The first kappa shape index (κ1) is 13.9. The second-order valence-electron chi connectivity index (χ2n) is 4.85. The van der Waals surface area contributed by atoms with E-state index < -0.39 is 12.0 Å². The topological polar surface area (TPSA) is 57.6 Å². The van der Waals surface area contributed by atoms with Crippen molar-refractivity contribution in [3.63, 3.8) is 0 Å². The van der Waals surface area contributed by atoms with E-state index in [-0.39, 0.29) is 18.4 Å². The molecule has 0 bridgehead atoms. The van der Waals surface area contributed by atoms with Crippen LogP contribution in [0.5, 0.6) is 0 Å². The Kier molecular flexibility index (Phi) is 4.10. The molecule has 2 rings (SSSR count). The van der Waals surface area contributed by atoms with Crippen molar-refractivity contribution in [1.82, 2.24) is 4.90 Å². The lowest BCUT2D eigenvalue weighted by Crippen LogP contribution is -2.45. The molecule has 0 aliphatic heterocycles. The number of rotatable bonds is 5. The summed E-state index contributed by atoms with van der Waals surface area (Å²) in [5.74, 6) is -1.10. The SMILES string of the molecule is CC(C(=O)O)N(C(=O)Cc1ccc(Cl)cc1)C1CC1. The molecule has 1 atom stereocenters. The molecule has 1 fully saturated rings. The Bertz CT molecular complexity index is 482. The Morgan fingerprint density at radius 2 is 1.95 bits per heavy atom. The molecule has 4 nitrogen and oxygen atoms in total. The Labute approximate surface area is 117 Å². The molecular formula is C14H16ClNO3. The summed E-state index contributed by atoms with van der Waals surface area (Å²) in [5, 5.41) is 9.69. The minimum atomic E-state index is -0.962. The van der Waals surface area contributed by atoms with E-state index in [4.69, 9.17) is 16.7 Å². The fourth-order valence-corrected chi connectivity index (χ4v) is 2.20. The maximum absolute atomic E-state index is 12.3. The van der Waals surface area contributed by atoms with Gasteiger partial charge in [0.1, 0.15) is 6.04 Å². The van der Waals surface area contributed by atoms with Gasteiger partial charge in [-0.05, 0) is 37.5 Å². The first-order valence-electron chi connectivity index (χ1n) is 6.27. The van der Waals surface area contributed by atoms with Crippen molar-refractivity contribution in [3.8, 4) is 0 Å². The normalized spacial score (nSPS) is 15.9. The van der Waals surface area contributed by atoms with Crippen LogP contribution < -0.4 is 0 Å². The van der Waals surface area contributed by atoms with Crippen molar-refractivity contribution < 1.29 is 14.7 Å². The van der Waals surface area contributed by atoms with Crippen molar-refractivity contribution in [2.45, 2.75) is 38.3 Å². The summed E-state index contributed by atoms with van der Waals surface area (Å²) in [6.45, 7) is 1.56. The van der Waals surface area contributed by atoms with Crippen LogP contribution in [0.1, 0.15) is 25.3 Å². The van der Waals surface area contributed by atoms with Crippen LogP contribution in [0.2, 0.25) is 5.02 Å². The van der Waals surface area contributed by atoms with E-state index >= 15 is 0 Å². The highest BCUT2D eigenvalue weighted by Gasteiger charge is 2.38. The number of carboxylic acid groups (broad SMARTS) is 1. The van der Waals surface area contributed by atoms with Gasteiger partial charge in [-0.15, -0.1) is 0 Å². The summed E-state index contributed by atoms with van der Waals surface area (Å²) in [5.41, 5.74) is 0.845. The largest absolute Gasteiger partial charge is 0.480 e. The summed E-state index contributed by atoms with van der Waals surface area (Å²) < 4.78 is 0. The van der Waals surface area contributed by atoms with Gasteiger partial charge in [0, 0.05) is 11.1 Å². The minimum Gasteiger partial charge on any atom is -0.480 e. The molecule has 0 radical (unpaired) electrons. The van der Waals surface area contributed by atoms with Crippen molar-refractivity contribution in [2.24, 2.45) is 0 Å². The van der Waals surface area contributed by atoms with E-state index in [9.17, 15) is 9.59 Å². The molecule has 1 N–H and O–H groups in total. The number of hydrogen-bond acceptors (Lipinski definition) is 2. The zero-order valence-electron chi connectivity index (χ0n) is 10.7. The first-order chi connectivity index (χ1) is 8.99. The van der Waals surface area contributed by atoms with Crippen molar-refractivity contribution in [1.29, 1.82) is 0 Å². The third-order valence-corrected chi connectivity index (χ3v) is 3.52. The number of halogens is 1. The Morgan fingerprint density at radius 1 is 1.37 bits per heavy atom. The molecule has 1 aliphatic rings. The number of carboxylic acids is 1. The first-order valence-corrected chi connectivity index (χ1v) is 6.65. The molecule has 1 saturated carbocycles. The van der Waals surface area contributed by atoms with Gasteiger partial charge in [0.05, 0.1) is 6.42 Å². The molecule has 102 valence electrons. The summed E-state index contributed by atoms with van der Waals surface area (Å²) in [4.78, 5) is 24.8. The second-order valence-corrected chi connectivity index (χ2v) is 5.29. The average Bonchev–Trinajstić information content (AvgIpc) is 3.16. The van der Waals surface area contributed by atoms with Gasteiger partial charge in [0.25, 0.3) is 0 Å². The zero-order chi connectivity index (χ0) is 14.0. The number of carbonyl (C=O) groups excluding carboxylic acids is 1. The van der Waals surface area contributed by atoms with Gasteiger partial charge in [-0.3, -0.25) is 4.79 Å². The molecule has 1 unspecified atom stereocenters. The number of benzene rings is 1. The third-order valence-electron chi connectivity index (χ3n) is 3.27. The Balaban J connectivity index is 2.07. The van der Waals surface area contributed by atoms with Gasteiger partial charge >= 0.3 is 5.97 Å². The van der Waals surface area contributed by atoms with E-state index in [1.807, 2.05) is 0 Å². The predicted molar refractivity (Wildman–Crippen MR) is 72.1 cm³/mol. The second kappa shape index (κ2) is 5.61. The summed E-state index contributed by atoms with van der Waals surface area (Å²) >= 11 is 5.79. The highest BCUT2D eigenvalue weighted by atomic mass is 35.5. The lowest BCUT2D eigenvalue weighted by atomic mass is 10.1. The number of carbonyl (C=O) groups is 2. The van der Waals surface area contributed by atoms with E-state index in [1.165, 1.54) is 4.90 Å². The van der Waals surface area contributed by atoms with Gasteiger partial charge in [-0.1, -0.05) is 23.7 Å². The van der Waals surface area contributed by atoms with Gasteiger partial charge in [0.2, 0.25) is 5.91 Å². The predicted octanol–water partition coefficient (Wildman–Crippen LogP) is 2.35. The van der Waals surface area contributed by atoms with Gasteiger partial charge in [0.15, 0.2) is 0 Å². The Morgan fingerprint density at radius 3 is 2.42 bits per heavy atom. The minimum absolute atomic E-state index is 0.0888. The third kappa shape index (κ3) is 3.47. The van der Waals surface area contributed by atoms with E-state index in [2.05, 4.69) is 0 Å². The van der Waals surface area contributed by atoms with Gasteiger partial charge in [-0.25, -0.2) is 4.79 Å². The quantitative estimate of drug-likeness (QED) is 0.901. The van der Waals surface area contributed by atoms with Crippen LogP contribution in [-0.2, 0) is 16.0 Å². The van der Waals surface area contributed by atoms with Crippen LogP contribution in [0.15, 0.2) is 24.3 Å². The molecule has 1 aromatic rings. The maximum Gasteiger partial charge on any atom is 0.326 e. The Hall–Kier alpha value is -1.55. The highest BCUT2D eigenvalue weighted by molar-refractivity contribution is 6.30. The molecule has 1 amide bonds. The van der Waals surface area contributed by atoms with Crippen LogP contribution in [0.4, 0.5) is 0 Å². The van der Waals surface area contributed by atoms with Gasteiger partial charge in [-0.2, -0.15) is 0 Å². The van der Waals surface area contributed by atoms with Crippen LogP contribution in [0.25, 0.3) is 0 Å². The van der Waals surface area contributed by atoms with Crippen molar-refractivity contribution in [3.05, 3.63) is 34.9 Å². The number of hydrogen-bond donors (Lipinski definition) is 1. The maximum atomic E-state index is 12.3. The van der Waals surface area contributed by atoms with Crippen LogP contribution in [0, 0.1) is 0 Å². The fourth-order valence-electron chi connectivity index (χ4n) is 2.08. The monoisotopic (exact) mass is 281 g/mol. The smallest absolute Gasteiger partial charge is 0.326 e. The molecule has 1 aliphatic carbocycles. The fraction of sp³-hybridized carbons (Fsp3) is 0.429.